The number of carbonyl (C=O) groups excluding carboxylic acids is 1. The van der Waals surface area contributed by atoms with Crippen molar-refractivity contribution < 1.29 is 9.18 Å². The van der Waals surface area contributed by atoms with E-state index in [1.807, 2.05) is 0 Å². The number of benzene rings is 1. The molecule has 12 heavy (non-hydrogen) atoms. The summed E-state index contributed by atoms with van der Waals surface area (Å²) in [5, 5.41) is 0. The van der Waals surface area contributed by atoms with E-state index in [1.165, 1.54) is 12.1 Å². The molecule has 0 fully saturated rings. The zero-order valence-electron chi connectivity index (χ0n) is 6.38. The number of halogens is 1. The van der Waals surface area contributed by atoms with Crippen LogP contribution in [0.4, 0.5) is 4.39 Å². The second-order valence-electron chi connectivity index (χ2n) is 2.42. The molecule has 0 aliphatic heterocycles. The molecule has 1 aromatic rings. The average Bonchev–Trinajstić information content (AvgIpc) is 2.03. The van der Waals surface area contributed by atoms with Crippen LogP contribution in [0.2, 0.25) is 0 Å². The quantitative estimate of drug-likeness (QED) is 0.670. The minimum atomic E-state index is -0.649. The van der Waals surface area contributed by atoms with Crippen molar-refractivity contribution in [1.29, 1.82) is 0 Å². The molecule has 0 spiro atoms. The van der Waals surface area contributed by atoms with Crippen LogP contribution in [-0.2, 0) is 6.54 Å². The Morgan fingerprint density at radius 1 is 1.42 bits per heavy atom. The van der Waals surface area contributed by atoms with Gasteiger partial charge in [-0.05, 0) is 23.8 Å². The summed E-state index contributed by atoms with van der Waals surface area (Å²) >= 11 is 0. The second-order valence-corrected chi connectivity index (χ2v) is 2.42. The summed E-state index contributed by atoms with van der Waals surface area (Å²) in [7, 11) is 0. The summed E-state index contributed by atoms with van der Waals surface area (Å²) < 4.78 is 12.7. The Bertz CT molecular complexity index is 312. The highest BCUT2D eigenvalue weighted by Gasteiger charge is 2.03. The molecular weight excluding hydrogens is 159 g/mol. The maximum atomic E-state index is 12.7. The van der Waals surface area contributed by atoms with Gasteiger partial charge < -0.3 is 11.5 Å². The molecular formula is C8H9FN2O. The van der Waals surface area contributed by atoms with Crippen LogP contribution in [0.1, 0.15) is 15.9 Å². The van der Waals surface area contributed by atoms with Crippen LogP contribution in [0.15, 0.2) is 18.2 Å². The van der Waals surface area contributed by atoms with Gasteiger partial charge in [-0.2, -0.15) is 0 Å². The summed E-state index contributed by atoms with van der Waals surface area (Å²) in [6.45, 7) is 0.193. The van der Waals surface area contributed by atoms with E-state index in [0.717, 1.165) is 6.07 Å². The van der Waals surface area contributed by atoms with Crippen molar-refractivity contribution in [3.05, 3.63) is 35.1 Å². The third-order valence-electron chi connectivity index (χ3n) is 1.48. The monoisotopic (exact) mass is 168 g/mol. The number of amides is 1. The van der Waals surface area contributed by atoms with Crippen LogP contribution < -0.4 is 11.5 Å². The second kappa shape index (κ2) is 3.32. The zero-order valence-corrected chi connectivity index (χ0v) is 6.38. The molecule has 0 aliphatic rings. The molecule has 64 valence electrons. The van der Waals surface area contributed by atoms with Gasteiger partial charge in [-0.25, -0.2) is 4.39 Å². The van der Waals surface area contributed by atoms with Gasteiger partial charge in [0.2, 0.25) is 5.91 Å². The maximum absolute atomic E-state index is 12.7. The molecule has 1 aromatic carbocycles. The maximum Gasteiger partial charge on any atom is 0.248 e. The van der Waals surface area contributed by atoms with Gasteiger partial charge in [-0.1, -0.05) is 0 Å². The first-order valence-corrected chi connectivity index (χ1v) is 3.43. The summed E-state index contributed by atoms with van der Waals surface area (Å²) in [6, 6.07) is 3.83. The van der Waals surface area contributed by atoms with E-state index in [1.54, 1.807) is 0 Å². The fourth-order valence-corrected chi connectivity index (χ4v) is 0.911. The topological polar surface area (TPSA) is 69.1 Å². The van der Waals surface area contributed by atoms with Gasteiger partial charge in [0, 0.05) is 12.1 Å². The first-order valence-electron chi connectivity index (χ1n) is 3.43. The van der Waals surface area contributed by atoms with Crippen molar-refractivity contribution >= 4 is 5.91 Å². The van der Waals surface area contributed by atoms with Crippen molar-refractivity contribution in [2.45, 2.75) is 6.54 Å². The minimum Gasteiger partial charge on any atom is -0.366 e. The summed E-state index contributed by atoms with van der Waals surface area (Å²) in [6.07, 6.45) is 0. The van der Waals surface area contributed by atoms with E-state index in [0.29, 0.717) is 5.56 Å². The van der Waals surface area contributed by atoms with Crippen molar-refractivity contribution in [2.24, 2.45) is 11.5 Å². The number of nitrogens with two attached hydrogens (primary N) is 2. The van der Waals surface area contributed by atoms with Crippen molar-refractivity contribution in [3.8, 4) is 0 Å². The first-order chi connectivity index (χ1) is 5.63. The molecule has 4 N–H and O–H groups in total. The van der Waals surface area contributed by atoms with Gasteiger partial charge in [0.25, 0.3) is 0 Å². The Kier molecular flexibility index (Phi) is 2.40. The summed E-state index contributed by atoms with van der Waals surface area (Å²) in [4.78, 5) is 10.6. The Labute approximate surface area is 69.2 Å². The lowest BCUT2D eigenvalue weighted by Crippen LogP contribution is -2.12. The number of hydrogen-bond donors (Lipinski definition) is 2. The van der Waals surface area contributed by atoms with Gasteiger partial charge in [-0.3, -0.25) is 4.79 Å². The van der Waals surface area contributed by atoms with Crippen LogP contribution >= 0.6 is 0 Å². The zero-order chi connectivity index (χ0) is 9.14. The highest BCUT2D eigenvalue weighted by atomic mass is 19.1. The molecule has 0 bridgehead atoms. The van der Waals surface area contributed by atoms with Crippen LogP contribution in [0.5, 0.6) is 0 Å². The SMILES string of the molecule is NCc1cc(F)cc(C(N)=O)c1. The molecule has 4 heteroatoms. The molecule has 0 saturated heterocycles. The number of hydrogen-bond acceptors (Lipinski definition) is 2. The molecule has 0 atom stereocenters. The van der Waals surface area contributed by atoms with Crippen LogP contribution in [0, 0.1) is 5.82 Å². The fraction of sp³-hybridized carbons (Fsp3) is 0.125. The molecule has 1 rings (SSSR count). The summed E-state index contributed by atoms with van der Waals surface area (Å²) in [5.74, 6) is -1.14. The van der Waals surface area contributed by atoms with E-state index in [4.69, 9.17) is 11.5 Å². The van der Waals surface area contributed by atoms with Crippen molar-refractivity contribution in [1.82, 2.24) is 0 Å². The van der Waals surface area contributed by atoms with E-state index in [-0.39, 0.29) is 12.1 Å². The number of primary amides is 1. The predicted molar refractivity (Wildman–Crippen MR) is 42.8 cm³/mol. The van der Waals surface area contributed by atoms with Gasteiger partial charge in [0.1, 0.15) is 5.82 Å². The fourth-order valence-electron chi connectivity index (χ4n) is 0.911. The Balaban J connectivity index is 3.15. The van der Waals surface area contributed by atoms with E-state index < -0.39 is 11.7 Å². The largest absolute Gasteiger partial charge is 0.366 e. The van der Waals surface area contributed by atoms with Crippen LogP contribution in [0.3, 0.4) is 0 Å². The smallest absolute Gasteiger partial charge is 0.248 e. The normalized spacial score (nSPS) is 9.83. The van der Waals surface area contributed by atoms with Gasteiger partial charge in [0.05, 0.1) is 0 Å². The third kappa shape index (κ3) is 1.79. The van der Waals surface area contributed by atoms with Crippen molar-refractivity contribution in [3.63, 3.8) is 0 Å². The van der Waals surface area contributed by atoms with E-state index >= 15 is 0 Å². The molecule has 0 radical (unpaired) electrons. The van der Waals surface area contributed by atoms with E-state index in [9.17, 15) is 9.18 Å². The van der Waals surface area contributed by atoms with Gasteiger partial charge >= 0.3 is 0 Å². The molecule has 0 saturated carbocycles. The van der Waals surface area contributed by atoms with Gasteiger partial charge in [0.15, 0.2) is 0 Å². The minimum absolute atomic E-state index is 0.149. The lowest BCUT2D eigenvalue weighted by Gasteiger charge is -2.00. The standard InChI is InChI=1S/C8H9FN2O/c9-7-2-5(4-10)1-6(3-7)8(11)12/h1-3H,4,10H2,(H2,11,12). The summed E-state index contributed by atoms with van der Waals surface area (Å²) in [5.41, 5.74) is 10.9. The number of rotatable bonds is 2. The molecule has 0 aromatic heterocycles. The Hall–Kier alpha value is -1.42. The van der Waals surface area contributed by atoms with Crippen molar-refractivity contribution in [2.75, 3.05) is 0 Å². The average molecular weight is 168 g/mol. The Morgan fingerprint density at radius 2 is 2.08 bits per heavy atom. The Morgan fingerprint density at radius 3 is 2.58 bits per heavy atom. The highest BCUT2D eigenvalue weighted by Crippen LogP contribution is 2.07. The third-order valence-corrected chi connectivity index (χ3v) is 1.48. The lowest BCUT2D eigenvalue weighted by atomic mass is 10.1. The van der Waals surface area contributed by atoms with Gasteiger partial charge in [-0.15, -0.1) is 0 Å². The van der Waals surface area contributed by atoms with Crippen LogP contribution in [0.25, 0.3) is 0 Å². The lowest BCUT2D eigenvalue weighted by molar-refractivity contribution is 0.1000. The molecule has 0 unspecified atom stereocenters. The first kappa shape index (κ1) is 8.67. The number of carbonyl (C=O) groups is 1. The predicted octanol–water partition coefficient (Wildman–Crippen LogP) is 0.383. The molecule has 1 amide bonds. The molecule has 0 heterocycles. The van der Waals surface area contributed by atoms with Crippen LogP contribution in [-0.4, -0.2) is 5.91 Å². The molecule has 3 nitrogen and oxygen atoms in total. The van der Waals surface area contributed by atoms with E-state index in [2.05, 4.69) is 0 Å². The molecule has 0 aliphatic carbocycles. The highest BCUT2D eigenvalue weighted by molar-refractivity contribution is 5.92.